The molecule has 0 amide bonds. The van der Waals surface area contributed by atoms with E-state index in [1.165, 1.54) is 5.56 Å². The van der Waals surface area contributed by atoms with Gasteiger partial charge in [-0.15, -0.1) is 0 Å². The molecule has 0 heterocycles. The lowest BCUT2D eigenvalue weighted by atomic mass is 9.94. The number of hydrogen-bond donors (Lipinski definition) is 0. The fraction of sp³-hybridized carbons (Fsp3) is 0.533. The van der Waals surface area contributed by atoms with E-state index < -0.39 is 0 Å². The zero-order valence-electron chi connectivity index (χ0n) is 10.8. The highest BCUT2D eigenvalue weighted by molar-refractivity contribution is 5.69. The van der Waals surface area contributed by atoms with Gasteiger partial charge in [0.25, 0.3) is 0 Å². The number of aryl methyl sites for hydroxylation is 1. The Bertz CT molecular complexity index is 319. The lowest BCUT2D eigenvalue weighted by Crippen LogP contribution is -2.11. The molecule has 0 N–H and O–H groups in total. The van der Waals surface area contributed by atoms with E-state index in [0.29, 0.717) is 18.9 Å². The van der Waals surface area contributed by atoms with Crippen molar-refractivity contribution in [2.75, 3.05) is 6.61 Å². The minimum atomic E-state index is -0.0626. The maximum Gasteiger partial charge on any atom is 0.306 e. The molecule has 17 heavy (non-hydrogen) atoms. The predicted octanol–water partition coefficient (Wildman–Crippen LogP) is 3.60. The predicted molar refractivity (Wildman–Crippen MR) is 69.8 cm³/mol. The number of esters is 1. The van der Waals surface area contributed by atoms with Gasteiger partial charge in [0.05, 0.1) is 6.61 Å². The molecule has 2 heteroatoms. The van der Waals surface area contributed by atoms with E-state index in [0.717, 1.165) is 19.3 Å². The Morgan fingerprint density at radius 2 is 1.94 bits per heavy atom. The minimum absolute atomic E-state index is 0.0626. The van der Waals surface area contributed by atoms with Gasteiger partial charge in [-0.1, -0.05) is 43.7 Å². The summed E-state index contributed by atoms with van der Waals surface area (Å²) < 4.78 is 4.99. The second-order valence-corrected chi connectivity index (χ2v) is 4.31. The van der Waals surface area contributed by atoms with Crippen LogP contribution in [-0.4, -0.2) is 12.6 Å². The fourth-order valence-electron chi connectivity index (χ4n) is 1.92. The van der Waals surface area contributed by atoms with Crippen molar-refractivity contribution in [2.24, 2.45) is 5.92 Å². The molecular formula is C15H22O2. The molecule has 1 atom stereocenters. The van der Waals surface area contributed by atoms with Gasteiger partial charge in [-0.3, -0.25) is 4.79 Å². The van der Waals surface area contributed by atoms with Crippen LogP contribution in [0.5, 0.6) is 0 Å². The second-order valence-electron chi connectivity index (χ2n) is 4.31. The molecule has 0 aliphatic heterocycles. The Hall–Kier alpha value is -1.31. The summed E-state index contributed by atoms with van der Waals surface area (Å²) in [6, 6.07) is 10.4. The molecule has 0 aliphatic rings. The Labute approximate surface area is 104 Å². The van der Waals surface area contributed by atoms with Gasteiger partial charge in [-0.05, 0) is 31.2 Å². The summed E-state index contributed by atoms with van der Waals surface area (Å²) in [4.78, 5) is 11.4. The zero-order valence-corrected chi connectivity index (χ0v) is 10.8. The van der Waals surface area contributed by atoms with E-state index >= 15 is 0 Å². The first-order valence-corrected chi connectivity index (χ1v) is 6.45. The molecule has 1 rings (SSSR count). The molecule has 1 unspecified atom stereocenters. The van der Waals surface area contributed by atoms with Gasteiger partial charge in [0.15, 0.2) is 0 Å². The van der Waals surface area contributed by atoms with Crippen LogP contribution in [0.15, 0.2) is 30.3 Å². The maximum atomic E-state index is 11.4. The van der Waals surface area contributed by atoms with Crippen molar-refractivity contribution in [1.29, 1.82) is 0 Å². The molecule has 0 bridgehead atoms. The van der Waals surface area contributed by atoms with Crippen LogP contribution in [0.3, 0.4) is 0 Å². The van der Waals surface area contributed by atoms with Crippen molar-refractivity contribution in [3.63, 3.8) is 0 Å². The first kappa shape index (κ1) is 13.8. The van der Waals surface area contributed by atoms with Crippen LogP contribution in [-0.2, 0) is 16.0 Å². The van der Waals surface area contributed by atoms with E-state index in [2.05, 4.69) is 31.2 Å². The average Bonchev–Trinajstić information content (AvgIpc) is 2.36. The molecular weight excluding hydrogens is 212 g/mol. The van der Waals surface area contributed by atoms with Gasteiger partial charge in [-0.25, -0.2) is 0 Å². The highest BCUT2D eigenvalue weighted by atomic mass is 16.5. The van der Waals surface area contributed by atoms with Crippen molar-refractivity contribution < 1.29 is 9.53 Å². The third-order valence-electron chi connectivity index (χ3n) is 3.02. The van der Waals surface area contributed by atoms with E-state index in [1.807, 2.05) is 13.0 Å². The van der Waals surface area contributed by atoms with Gasteiger partial charge in [0.2, 0.25) is 0 Å². The molecule has 0 saturated carbocycles. The number of hydrogen-bond acceptors (Lipinski definition) is 2. The fourth-order valence-corrected chi connectivity index (χ4v) is 1.92. The molecule has 0 fully saturated rings. The number of ether oxygens (including phenoxy) is 1. The molecule has 1 aromatic rings. The van der Waals surface area contributed by atoms with Crippen LogP contribution in [0.4, 0.5) is 0 Å². The summed E-state index contributed by atoms with van der Waals surface area (Å²) in [5.41, 5.74) is 1.34. The summed E-state index contributed by atoms with van der Waals surface area (Å²) in [5, 5.41) is 0. The summed E-state index contributed by atoms with van der Waals surface area (Å²) in [6.07, 6.45) is 3.68. The highest BCUT2D eigenvalue weighted by Gasteiger charge is 2.12. The largest absolute Gasteiger partial charge is 0.466 e. The van der Waals surface area contributed by atoms with Gasteiger partial charge in [-0.2, -0.15) is 0 Å². The summed E-state index contributed by atoms with van der Waals surface area (Å²) in [6.45, 7) is 4.46. The normalized spacial score (nSPS) is 12.1. The molecule has 1 aromatic carbocycles. The Morgan fingerprint density at radius 1 is 1.24 bits per heavy atom. The zero-order chi connectivity index (χ0) is 12.5. The monoisotopic (exact) mass is 234 g/mol. The minimum Gasteiger partial charge on any atom is -0.466 e. The van der Waals surface area contributed by atoms with Gasteiger partial charge in [0, 0.05) is 6.42 Å². The highest BCUT2D eigenvalue weighted by Crippen LogP contribution is 2.17. The standard InChI is InChI=1S/C15H22O2/c1-3-13(12-15(16)17-4-2)10-11-14-8-6-5-7-9-14/h5-9,13H,3-4,10-12H2,1-2H3. The van der Waals surface area contributed by atoms with Crippen molar-refractivity contribution in [3.05, 3.63) is 35.9 Å². The summed E-state index contributed by atoms with van der Waals surface area (Å²) in [5.74, 6) is 0.377. The lowest BCUT2D eigenvalue weighted by Gasteiger charge is -2.13. The van der Waals surface area contributed by atoms with Crippen molar-refractivity contribution in [1.82, 2.24) is 0 Å². The van der Waals surface area contributed by atoms with Gasteiger partial charge in [0.1, 0.15) is 0 Å². The molecule has 94 valence electrons. The van der Waals surface area contributed by atoms with E-state index in [9.17, 15) is 4.79 Å². The number of carbonyl (C=O) groups excluding carboxylic acids is 1. The second kappa shape index (κ2) is 7.88. The topological polar surface area (TPSA) is 26.3 Å². The third-order valence-corrected chi connectivity index (χ3v) is 3.02. The molecule has 2 nitrogen and oxygen atoms in total. The quantitative estimate of drug-likeness (QED) is 0.674. The molecule has 0 spiro atoms. The van der Waals surface area contributed by atoms with Crippen molar-refractivity contribution in [2.45, 2.75) is 39.5 Å². The SMILES string of the molecule is CCOC(=O)CC(CC)CCc1ccccc1. The van der Waals surface area contributed by atoms with Crippen LogP contribution in [0.1, 0.15) is 38.7 Å². The third kappa shape index (κ3) is 5.53. The molecule has 0 radical (unpaired) electrons. The van der Waals surface area contributed by atoms with Crippen molar-refractivity contribution in [3.8, 4) is 0 Å². The van der Waals surface area contributed by atoms with Crippen molar-refractivity contribution >= 4 is 5.97 Å². The average molecular weight is 234 g/mol. The number of benzene rings is 1. The number of carbonyl (C=O) groups is 1. The Morgan fingerprint density at radius 3 is 2.53 bits per heavy atom. The van der Waals surface area contributed by atoms with Crippen LogP contribution in [0.25, 0.3) is 0 Å². The smallest absolute Gasteiger partial charge is 0.306 e. The van der Waals surface area contributed by atoms with Crippen LogP contribution < -0.4 is 0 Å². The van der Waals surface area contributed by atoms with Crippen LogP contribution >= 0.6 is 0 Å². The van der Waals surface area contributed by atoms with Gasteiger partial charge >= 0.3 is 5.97 Å². The summed E-state index contributed by atoms with van der Waals surface area (Å²) in [7, 11) is 0. The molecule has 0 aromatic heterocycles. The van der Waals surface area contributed by atoms with E-state index in [-0.39, 0.29) is 5.97 Å². The van der Waals surface area contributed by atoms with E-state index in [1.54, 1.807) is 0 Å². The Kier molecular flexibility index (Phi) is 6.38. The van der Waals surface area contributed by atoms with Crippen LogP contribution in [0.2, 0.25) is 0 Å². The van der Waals surface area contributed by atoms with Gasteiger partial charge < -0.3 is 4.74 Å². The van der Waals surface area contributed by atoms with E-state index in [4.69, 9.17) is 4.74 Å². The maximum absolute atomic E-state index is 11.4. The molecule has 0 saturated heterocycles. The van der Waals surface area contributed by atoms with Crippen LogP contribution in [0, 0.1) is 5.92 Å². The number of rotatable bonds is 7. The first-order chi connectivity index (χ1) is 8.26. The lowest BCUT2D eigenvalue weighted by molar-refractivity contribution is -0.144. The summed E-state index contributed by atoms with van der Waals surface area (Å²) >= 11 is 0. The molecule has 0 aliphatic carbocycles. The first-order valence-electron chi connectivity index (χ1n) is 6.45. The Balaban J connectivity index is 2.34.